The minimum Gasteiger partial charge on any atom is -0.400 e. The number of imidazole rings is 1. The third-order valence-corrected chi connectivity index (χ3v) is 5.01. The second-order valence-corrected chi connectivity index (χ2v) is 7.43. The molecule has 0 radical (unpaired) electrons. The molecular formula is C19H26BN3O2. The maximum Gasteiger partial charge on any atom is 0.491 e. The molecule has 1 aromatic carbocycles. The lowest BCUT2D eigenvalue weighted by molar-refractivity contribution is 0.00578. The smallest absolute Gasteiger partial charge is 0.400 e. The van der Waals surface area contributed by atoms with Gasteiger partial charge in [0, 0.05) is 6.54 Å². The molecule has 0 amide bonds. The normalized spacial score (nSPS) is 19.4. The molecule has 1 aliphatic heterocycles. The molecule has 5 nitrogen and oxygen atoms in total. The number of hydrogen-bond acceptors (Lipinski definition) is 4. The maximum absolute atomic E-state index is 6.19. The highest BCUT2D eigenvalue weighted by Crippen LogP contribution is 2.38. The van der Waals surface area contributed by atoms with Gasteiger partial charge in [-0.2, -0.15) is 0 Å². The Labute approximate surface area is 150 Å². The van der Waals surface area contributed by atoms with Crippen molar-refractivity contribution in [3.63, 3.8) is 0 Å². The van der Waals surface area contributed by atoms with Crippen molar-refractivity contribution in [1.82, 2.24) is 15.3 Å². The molecule has 1 aromatic heterocycles. The van der Waals surface area contributed by atoms with Gasteiger partial charge in [0.2, 0.25) is 0 Å². The molecule has 1 fully saturated rings. The number of nitrogens with one attached hydrogen (secondary N) is 2. The van der Waals surface area contributed by atoms with Gasteiger partial charge >= 0.3 is 7.12 Å². The SMILES string of the molecule is CNCC(=Cc1ccc(-c2cnc[nH]2)cc1)B1OC(C)(C)C(C)(C)O1. The van der Waals surface area contributed by atoms with Crippen molar-refractivity contribution in [2.24, 2.45) is 0 Å². The summed E-state index contributed by atoms with van der Waals surface area (Å²) in [6, 6.07) is 8.36. The van der Waals surface area contributed by atoms with Crippen molar-refractivity contribution < 1.29 is 9.31 Å². The Kier molecular flexibility index (Phi) is 4.87. The lowest BCUT2D eigenvalue weighted by Gasteiger charge is -2.32. The van der Waals surface area contributed by atoms with Crippen molar-refractivity contribution in [2.45, 2.75) is 38.9 Å². The van der Waals surface area contributed by atoms with Gasteiger partial charge in [-0.25, -0.2) is 4.98 Å². The van der Waals surface area contributed by atoms with Gasteiger partial charge in [0.15, 0.2) is 0 Å². The fourth-order valence-corrected chi connectivity index (χ4v) is 2.79. The summed E-state index contributed by atoms with van der Waals surface area (Å²) in [5.74, 6) is 0. The molecule has 0 saturated carbocycles. The molecule has 0 spiro atoms. The van der Waals surface area contributed by atoms with Crippen LogP contribution >= 0.6 is 0 Å². The molecular weight excluding hydrogens is 313 g/mol. The Hall–Kier alpha value is -1.89. The molecule has 132 valence electrons. The molecule has 2 N–H and O–H groups in total. The number of aromatic amines is 1. The Morgan fingerprint density at radius 1 is 1.16 bits per heavy atom. The topological polar surface area (TPSA) is 59.2 Å². The second-order valence-electron chi connectivity index (χ2n) is 7.43. The predicted molar refractivity (Wildman–Crippen MR) is 102 cm³/mol. The first-order valence-corrected chi connectivity index (χ1v) is 8.62. The number of rotatable bonds is 5. The van der Waals surface area contributed by atoms with E-state index in [9.17, 15) is 0 Å². The molecule has 3 rings (SSSR count). The first kappa shape index (κ1) is 17.9. The van der Waals surface area contributed by atoms with E-state index < -0.39 is 0 Å². The summed E-state index contributed by atoms with van der Waals surface area (Å²) in [6.07, 6.45) is 5.64. The van der Waals surface area contributed by atoms with Gasteiger partial charge in [-0.15, -0.1) is 0 Å². The van der Waals surface area contributed by atoms with E-state index in [1.54, 1.807) is 6.33 Å². The van der Waals surface area contributed by atoms with Crippen molar-refractivity contribution in [3.8, 4) is 11.3 Å². The van der Waals surface area contributed by atoms with Gasteiger partial charge < -0.3 is 19.6 Å². The fourth-order valence-electron chi connectivity index (χ4n) is 2.79. The molecule has 2 heterocycles. The highest BCUT2D eigenvalue weighted by Gasteiger charge is 2.52. The number of likely N-dealkylation sites (N-methyl/N-ethyl adjacent to an activating group) is 1. The lowest BCUT2D eigenvalue weighted by Crippen LogP contribution is -2.41. The number of aromatic nitrogens is 2. The monoisotopic (exact) mass is 339 g/mol. The summed E-state index contributed by atoms with van der Waals surface area (Å²) in [7, 11) is 1.59. The van der Waals surface area contributed by atoms with Crippen LogP contribution in [0.25, 0.3) is 17.3 Å². The van der Waals surface area contributed by atoms with Crippen LogP contribution in [0.5, 0.6) is 0 Å². The van der Waals surface area contributed by atoms with Crippen LogP contribution in [0.4, 0.5) is 0 Å². The van der Waals surface area contributed by atoms with Crippen LogP contribution in [0, 0.1) is 0 Å². The minimum absolute atomic E-state index is 0.338. The maximum atomic E-state index is 6.19. The molecule has 1 saturated heterocycles. The number of hydrogen-bond donors (Lipinski definition) is 2. The van der Waals surface area contributed by atoms with Crippen LogP contribution in [-0.2, 0) is 9.31 Å². The molecule has 0 bridgehead atoms. The molecule has 0 aliphatic carbocycles. The zero-order chi connectivity index (χ0) is 18.1. The Bertz CT molecular complexity index is 721. The van der Waals surface area contributed by atoms with Crippen LogP contribution in [0.1, 0.15) is 33.3 Å². The summed E-state index contributed by atoms with van der Waals surface area (Å²) >= 11 is 0. The van der Waals surface area contributed by atoms with Crippen molar-refractivity contribution >= 4 is 13.2 Å². The van der Waals surface area contributed by atoms with Gasteiger partial charge in [-0.05, 0) is 51.3 Å². The van der Waals surface area contributed by atoms with Crippen LogP contribution in [0.2, 0.25) is 0 Å². The Morgan fingerprint density at radius 2 is 1.80 bits per heavy atom. The van der Waals surface area contributed by atoms with E-state index in [1.165, 1.54) is 0 Å². The van der Waals surface area contributed by atoms with Crippen molar-refractivity contribution in [3.05, 3.63) is 47.8 Å². The largest absolute Gasteiger partial charge is 0.491 e. The van der Waals surface area contributed by atoms with E-state index >= 15 is 0 Å². The Balaban J connectivity index is 1.83. The molecule has 0 unspecified atom stereocenters. The summed E-state index contributed by atoms with van der Waals surface area (Å²) in [6.45, 7) is 9.00. The molecule has 25 heavy (non-hydrogen) atoms. The van der Waals surface area contributed by atoms with Gasteiger partial charge in [-0.1, -0.05) is 30.3 Å². The fraction of sp³-hybridized carbons (Fsp3) is 0.421. The summed E-state index contributed by atoms with van der Waals surface area (Å²) in [4.78, 5) is 7.18. The first-order chi connectivity index (χ1) is 11.8. The van der Waals surface area contributed by atoms with Gasteiger partial charge in [0.05, 0.1) is 29.4 Å². The summed E-state index contributed by atoms with van der Waals surface area (Å²) < 4.78 is 12.4. The van der Waals surface area contributed by atoms with E-state index in [-0.39, 0.29) is 18.3 Å². The number of H-pyrrole nitrogens is 1. The van der Waals surface area contributed by atoms with E-state index in [0.29, 0.717) is 6.54 Å². The summed E-state index contributed by atoms with van der Waals surface area (Å²) in [5.41, 5.74) is 3.64. The number of nitrogens with zero attached hydrogens (tertiary/aromatic N) is 1. The molecule has 0 atom stereocenters. The van der Waals surface area contributed by atoms with E-state index in [2.05, 4.69) is 73.3 Å². The zero-order valence-electron chi connectivity index (χ0n) is 15.6. The van der Waals surface area contributed by atoms with E-state index in [1.807, 2.05) is 13.2 Å². The average molecular weight is 339 g/mol. The zero-order valence-corrected chi connectivity index (χ0v) is 15.6. The summed E-state index contributed by atoms with van der Waals surface area (Å²) in [5, 5.41) is 3.21. The molecule has 1 aliphatic rings. The van der Waals surface area contributed by atoms with Gasteiger partial charge in [0.25, 0.3) is 0 Å². The number of benzene rings is 1. The molecule has 6 heteroatoms. The third kappa shape index (κ3) is 3.71. The quantitative estimate of drug-likeness (QED) is 0.821. The van der Waals surface area contributed by atoms with E-state index in [4.69, 9.17) is 9.31 Å². The van der Waals surface area contributed by atoms with Gasteiger partial charge in [0.1, 0.15) is 0 Å². The van der Waals surface area contributed by atoms with Crippen LogP contribution in [0.3, 0.4) is 0 Å². The van der Waals surface area contributed by atoms with Crippen LogP contribution < -0.4 is 5.32 Å². The Morgan fingerprint density at radius 3 is 2.32 bits per heavy atom. The predicted octanol–water partition coefficient (Wildman–Crippen LogP) is 3.31. The molecule has 2 aromatic rings. The van der Waals surface area contributed by atoms with Gasteiger partial charge in [-0.3, -0.25) is 0 Å². The van der Waals surface area contributed by atoms with Crippen LogP contribution in [0.15, 0.2) is 42.3 Å². The average Bonchev–Trinajstić information content (AvgIpc) is 3.14. The van der Waals surface area contributed by atoms with Crippen molar-refractivity contribution in [2.75, 3.05) is 13.6 Å². The van der Waals surface area contributed by atoms with Crippen LogP contribution in [-0.4, -0.2) is 41.9 Å². The van der Waals surface area contributed by atoms with E-state index in [0.717, 1.165) is 22.3 Å². The third-order valence-electron chi connectivity index (χ3n) is 5.01. The second kappa shape index (κ2) is 6.79. The minimum atomic E-state index is -0.343. The highest BCUT2D eigenvalue weighted by atomic mass is 16.7. The lowest BCUT2D eigenvalue weighted by atomic mass is 9.77. The first-order valence-electron chi connectivity index (χ1n) is 8.62. The van der Waals surface area contributed by atoms with Crippen molar-refractivity contribution in [1.29, 1.82) is 0 Å². The standard InChI is InChI=1S/C19H26BN3O2/c1-18(2)19(3,4)25-20(24-18)16(11-21-5)10-14-6-8-15(9-7-14)17-12-22-13-23-17/h6-10,12-13,21H,11H2,1-5H3,(H,22,23). The highest BCUT2D eigenvalue weighted by molar-refractivity contribution is 6.55.